The lowest BCUT2D eigenvalue weighted by Crippen LogP contribution is -2.54. The lowest BCUT2D eigenvalue weighted by Gasteiger charge is -2.40. The highest BCUT2D eigenvalue weighted by atomic mass is 16.5. The van der Waals surface area contributed by atoms with Crippen LogP contribution in [0.1, 0.15) is 27.7 Å². The van der Waals surface area contributed by atoms with Crippen LogP contribution in [-0.4, -0.2) is 84.7 Å². The topological polar surface area (TPSA) is 45.2 Å². The normalized spacial score (nSPS) is 38.9. The average molecular weight is 286 g/mol. The van der Waals surface area contributed by atoms with Gasteiger partial charge in [-0.05, 0) is 27.7 Å². The highest BCUT2D eigenvalue weighted by Crippen LogP contribution is 2.15. The Morgan fingerprint density at radius 3 is 2.40 bits per heavy atom. The van der Waals surface area contributed by atoms with Crippen molar-refractivity contribution in [1.29, 1.82) is 0 Å². The Labute approximate surface area is 122 Å². The van der Waals surface area contributed by atoms with E-state index in [2.05, 4.69) is 37.5 Å². The molecule has 2 fully saturated rings. The second-order valence-corrected chi connectivity index (χ2v) is 6.44. The fraction of sp³-hybridized carbons (Fsp3) is 1.00. The van der Waals surface area contributed by atoms with Crippen molar-refractivity contribution in [3.05, 3.63) is 0 Å². The van der Waals surface area contributed by atoms with Crippen LogP contribution in [0.25, 0.3) is 0 Å². The second kappa shape index (κ2) is 7.18. The molecule has 5 heteroatoms. The summed E-state index contributed by atoms with van der Waals surface area (Å²) in [4.78, 5) is 4.66. The quantitative estimate of drug-likeness (QED) is 0.818. The summed E-state index contributed by atoms with van der Waals surface area (Å²) in [5, 5.41) is 10.4. The molecule has 0 radical (unpaired) electrons. The number of morpholine rings is 2. The first-order chi connectivity index (χ1) is 9.45. The van der Waals surface area contributed by atoms with E-state index >= 15 is 0 Å². The van der Waals surface area contributed by atoms with E-state index in [0.717, 1.165) is 39.3 Å². The molecule has 0 aromatic carbocycles. The molecule has 5 unspecified atom stereocenters. The molecule has 0 bridgehead atoms. The van der Waals surface area contributed by atoms with Gasteiger partial charge in [0, 0.05) is 38.8 Å². The molecule has 1 N–H and O–H groups in total. The van der Waals surface area contributed by atoms with Crippen molar-refractivity contribution in [1.82, 2.24) is 9.80 Å². The maximum absolute atomic E-state index is 10.4. The van der Waals surface area contributed by atoms with E-state index in [1.807, 2.05) is 0 Å². The number of rotatable bonds is 4. The van der Waals surface area contributed by atoms with Gasteiger partial charge in [0.15, 0.2) is 0 Å². The number of hydrogen-bond acceptors (Lipinski definition) is 5. The van der Waals surface area contributed by atoms with E-state index in [4.69, 9.17) is 9.47 Å². The largest absolute Gasteiger partial charge is 0.390 e. The Bertz CT molecular complexity index is 293. The monoisotopic (exact) mass is 286 g/mol. The van der Waals surface area contributed by atoms with Gasteiger partial charge in [-0.3, -0.25) is 9.80 Å². The molecule has 5 atom stereocenters. The standard InChI is InChI=1S/C15H30N2O3/c1-11-7-16(8-12(2)20-11)9-15(18)10-17-5-6-19-14(4)13(17)3/h11-15,18H,5-10H2,1-4H3. The van der Waals surface area contributed by atoms with Crippen LogP contribution < -0.4 is 0 Å². The van der Waals surface area contributed by atoms with Gasteiger partial charge in [-0.25, -0.2) is 0 Å². The molecule has 0 spiro atoms. The van der Waals surface area contributed by atoms with E-state index in [-0.39, 0.29) is 24.4 Å². The van der Waals surface area contributed by atoms with Gasteiger partial charge < -0.3 is 14.6 Å². The summed E-state index contributed by atoms with van der Waals surface area (Å²) in [6.07, 6.45) is 0.459. The number of β-amino-alcohol motifs (C(OH)–C–C–N with tert-alkyl or cyclic N) is 1. The zero-order valence-corrected chi connectivity index (χ0v) is 13.3. The fourth-order valence-corrected chi connectivity index (χ4v) is 3.31. The van der Waals surface area contributed by atoms with E-state index in [1.54, 1.807) is 0 Å². The Kier molecular flexibility index (Phi) is 5.81. The van der Waals surface area contributed by atoms with E-state index < -0.39 is 0 Å². The van der Waals surface area contributed by atoms with Gasteiger partial charge in [0.05, 0.1) is 31.0 Å². The van der Waals surface area contributed by atoms with E-state index in [9.17, 15) is 5.11 Å². The van der Waals surface area contributed by atoms with Crippen molar-refractivity contribution in [2.45, 2.75) is 58.2 Å². The summed E-state index contributed by atoms with van der Waals surface area (Å²) < 4.78 is 11.4. The first-order valence-electron chi connectivity index (χ1n) is 7.87. The summed E-state index contributed by atoms with van der Waals surface area (Å²) in [6, 6.07) is 0.376. The van der Waals surface area contributed by atoms with Gasteiger partial charge in [-0.1, -0.05) is 0 Å². The summed E-state index contributed by atoms with van der Waals surface area (Å²) in [7, 11) is 0. The summed E-state index contributed by atoms with van der Waals surface area (Å²) >= 11 is 0. The molecule has 0 aromatic rings. The van der Waals surface area contributed by atoms with Crippen LogP contribution in [-0.2, 0) is 9.47 Å². The van der Waals surface area contributed by atoms with Crippen LogP contribution in [0.5, 0.6) is 0 Å². The Balaban J connectivity index is 1.78. The van der Waals surface area contributed by atoms with Crippen LogP contribution in [0.2, 0.25) is 0 Å². The molecule has 2 rings (SSSR count). The average Bonchev–Trinajstić information content (AvgIpc) is 2.33. The Morgan fingerprint density at radius 2 is 1.75 bits per heavy atom. The summed E-state index contributed by atoms with van der Waals surface area (Å²) in [6.45, 7) is 13.5. The van der Waals surface area contributed by atoms with E-state index in [0.29, 0.717) is 6.04 Å². The third-order valence-electron chi connectivity index (χ3n) is 4.42. The van der Waals surface area contributed by atoms with Crippen LogP contribution in [0, 0.1) is 0 Å². The van der Waals surface area contributed by atoms with Crippen molar-refractivity contribution in [2.75, 3.05) is 39.3 Å². The third-order valence-corrected chi connectivity index (χ3v) is 4.42. The number of nitrogens with zero attached hydrogens (tertiary/aromatic N) is 2. The minimum absolute atomic E-state index is 0.249. The minimum Gasteiger partial charge on any atom is -0.390 e. The lowest BCUT2D eigenvalue weighted by molar-refractivity contribution is -0.0887. The van der Waals surface area contributed by atoms with Gasteiger partial charge in [0.2, 0.25) is 0 Å². The molecular formula is C15H30N2O3. The molecule has 0 amide bonds. The predicted octanol–water partition coefficient (Wildman–Crippen LogP) is 0.566. The molecule has 0 aliphatic carbocycles. The van der Waals surface area contributed by atoms with Gasteiger partial charge in [0.25, 0.3) is 0 Å². The molecule has 2 saturated heterocycles. The van der Waals surface area contributed by atoms with Crippen molar-refractivity contribution >= 4 is 0 Å². The van der Waals surface area contributed by atoms with Crippen LogP contribution in [0.15, 0.2) is 0 Å². The first-order valence-corrected chi connectivity index (χ1v) is 7.87. The highest BCUT2D eigenvalue weighted by molar-refractivity contribution is 4.82. The van der Waals surface area contributed by atoms with Crippen molar-refractivity contribution < 1.29 is 14.6 Å². The molecule has 5 nitrogen and oxygen atoms in total. The summed E-state index contributed by atoms with van der Waals surface area (Å²) in [5.74, 6) is 0. The molecule has 20 heavy (non-hydrogen) atoms. The van der Waals surface area contributed by atoms with Crippen LogP contribution >= 0.6 is 0 Å². The molecule has 0 aromatic heterocycles. The maximum atomic E-state index is 10.4. The number of ether oxygens (including phenoxy) is 2. The van der Waals surface area contributed by atoms with Crippen molar-refractivity contribution in [2.24, 2.45) is 0 Å². The Morgan fingerprint density at radius 1 is 1.10 bits per heavy atom. The predicted molar refractivity (Wildman–Crippen MR) is 78.9 cm³/mol. The zero-order valence-electron chi connectivity index (χ0n) is 13.3. The number of aliphatic hydroxyl groups is 1. The van der Waals surface area contributed by atoms with Gasteiger partial charge in [-0.15, -0.1) is 0 Å². The third kappa shape index (κ3) is 4.40. The molecule has 2 aliphatic heterocycles. The fourth-order valence-electron chi connectivity index (χ4n) is 3.31. The SMILES string of the molecule is CC1CN(CC(O)CN2CCOC(C)C2C)CC(C)O1. The van der Waals surface area contributed by atoms with Gasteiger partial charge >= 0.3 is 0 Å². The molecule has 2 aliphatic rings. The molecular weight excluding hydrogens is 256 g/mol. The van der Waals surface area contributed by atoms with Crippen molar-refractivity contribution in [3.8, 4) is 0 Å². The molecule has 118 valence electrons. The number of aliphatic hydroxyl groups excluding tert-OH is 1. The minimum atomic E-state index is -0.305. The maximum Gasteiger partial charge on any atom is 0.0793 e. The Hall–Kier alpha value is -0.200. The van der Waals surface area contributed by atoms with Crippen LogP contribution in [0.4, 0.5) is 0 Å². The first kappa shape index (κ1) is 16.2. The van der Waals surface area contributed by atoms with E-state index in [1.165, 1.54) is 0 Å². The van der Waals surface area contributed by atoms with Crippen molar-refractivity contribution in [3.63, 3.8) is 0 Å². The summed E-state index contributed by atoms with van der Waals surface area (Å²) in [5.41, 5.74) is 0. The second-order valence-electron chi connectivity index (χ2n) is 6.44. The molecule has 0 saturated carbocycles. The number of hydrogen-bond donors (Lipinski definition) is 1. The smallest absolute Gasteiger partial charge is 0.0793 e. The van der Waals surface area contributed by atoms with Gasteiger partial charge in [-0.2, -0.15) is 0 Å². The lowest BCUT2D eigenvalue weighted by atomic mass is 10.1. The molecule has 2 heterocycles. The van der Waals surface area contributed by atoms with Crippen LogP contribution in [0.3, 0.4) is 0 Å². The highest BCUT2D eigenvalue weighted by Gasteiger charge is 2.29. The zero-order chi connectivity index (χ0) is 14.7. The van der Waals surface area contributed by atoms with Gasteiger partial charge in [0.1, 0.15) is 0 Å².